The van der Waals surface area contributed by atoms with Crippen molar-refractivity contribution in [2.45, 2.75) is 17.2 Å². The number of hydrogen-bond acceptors (Lipinski definition) is 5. The first kappa shape index (κ1) is 16.9. The summed E-state index contributed by atoms with van der Waals surface area (Å²) in [4.78, 5) is 10.6. The fourth-order valence-electron chi connectivity index (χ4n) is 2.57. The molecule has 1 atom stereocenters. The zero-order valence-electron chi connectivity index (χ0n) is 13.0. The van der Waals surface area contributed by atoms with Gasteiger partial charge in [-0.1, -0.05) is 17.7 Å². The third kappa shape index (κ3) is 3.17. The van der Waals surface area contributed by atoms with Crippen LogP contribution in [0.3, 0.4) is 0 Å². The Balaban J connectivity index is 1.92. The summed E-state index contributed by atoms with van der Waals surface area (Å²) < 4.78 is 27.3. The fraction of sp³-hybridized carbons (Fsp3) is 0.250. The minimum absolute atomic E-state index is 0.00492. The largest absolute Gasteiger partial charge is 0.269 e. The Morgan fingerprint density at radius 1 is 1.12 bits per heavy atom. The third-order valence-corrected chi connectivity index (χ3v) is 7.14. The number of nitro benzene ring substituents is 1. The smallest absolute Gasteiger partial charge is 0.258 e. The van der Waals surface area contributed by atoms with Crippen LogP contribution in [0, 0.1) is 17.0 Å². The van der Waals surface area contributed by atoms with E-state index >= 15 is 0 Å². The highest BCUT2D eigenvalue weighted by atomic mass is 32.2. The Bertz CT molecular complexity index is 849. The van der Waals surface area contributed by atoms with Gasteiger partial charge in [0, 0.05) is 24.4 Å². The summed E-state index contributed by atoms with van der Waals surface area (Å²) in [6.07, 6.45) is 0. The molecule has 1 aliphatic rings. The average Bonchev–Trinajstić information content (AvgIpc) is 3.06. The molecule has 6 nitrogen and oxygen atoms in total. The summed E-state index contributed by atoms with van der Waals surface area (Å²) >= 11 is 1.52. The van der Waals surface area contributed by atoms with Crippen LogP contribution in [0.2, 0.25) is 0 Å². The summed E-state index contributed by atoms with van der Waals surface area (Å²) in [6.45, 7) is 2.32. The van der Waals surface area contributed by atoms with Gasteiger partial charge in [-0.15, -0.1) is 11.8 Å². The van der Waals surface area contributed by atoms with Gasteiger partial charge in [0.25, 0.3) is 5.69 Å². The van der Waals surface area contributed by atoms with Crippen LogP contribution in [0.15, 0.2) is 53.4 Å². The van der Waals surface area contributed by atoms with E-state index in [1.54, 1.807) is 36.4 Å². The maximum absolute atomic E-state index is 12.9. The third-order valence-electron chi connectivity index (χ3n) is 3.87. The highest BCUT2D eigenvalue weighted by Gasteiger charge is 2.36. The van der Waals surface area contributed by atoms with Gasteiger partial charge in [-0.3, -0.25) is 10.1 Å². The molecule has 1 saturated heterocycles. The van der Waals surface area contributed by atoms with Gasteiger partial charge in [0.05, 0.1) is 15.2 Å². The van der Waals surface area contributed by atoms with Gasteiger partial charge in [0.2, 0.25) is 10.0 Å². The molecular weight excluding hydrogens is 348 g/mol. The molecule has 0 aromatic heterocycles. The SMILES string of the molecule is Cc1ccc(S(=O)(=O)N2CCSC2c2ccc([N+](=O)[O-])cc2)cc1. The standard InChI is InChI=1S/C16H16N2O4S2/c1-12-2-8-15(9-3-12)24(21,22)17-10-11-23-16(17)13-4-6-14(7-5-13)18(19)20/h2-9,16H,10-11H2,1H3. The molecule has 2 aromatic carbocycles. The van der Waals surface area contributed by atoms with E-state index in [-0.39, 0.29) is 16.0 Å². The minimum atomic E-state index is -3.60. The van der Waals surface area contributed by atoms with Gasteiger partial charge in [0.1, 0.15) is 0 Å². The Morgan fingerprint density at radius 3 is 2.33 bits per heavy atom. The first-order valence-electron chi connectivity index (χ1n) is 7.34. The number of sulfonamides is 1. The Morgan fingerprint density at radius 2 is 1.75 bits per heavy atom. The van der Waals surface area contributed by atoms with E-state index < -0.39 is 14.9 Å². The summed E-state index contributed by atoms with van der Waals surface area (Å²) in [5.41, 5.74) is 1.74. The quantitative estimate of drug-likeness (QED) is 0.614. The average molecular weight is 364 g/mol. The zero-order chi connectivity index (χ0) is 17.3. The number of nitro groups is 1. The second kappa shape index (κ2) is 6.54. The summed E-state index contributed by atoms with van der Waals surface area (Å²) in [5.74, 6) is 0.687. The van der Waals surface area contributed by atoms with Crippen molar-refractivity contribution in [2.75, 3.05) is 12.3 Å². The number of thioether (sulfide) groups is 1. The molecule has 0 spiro atoms. The van der Waals surface area contributed by atoms with Gasteiger partial charge < -0.3 is 0 Å². The zero-order valence-corrected chi connectivity index (χ0v) is 14.6. The molecule has 0 saturated carbocycles. The maximum Gasteiger partial charge on any atom is 0.269 e. The second-order valence-corrected chi connectivity index (χ2v) is 8.58. The van der Waals surface area contributed by atoms with Crippen molar-refractivity contribution < 1.29 is 13.3 Å². The lowest BCUT2D eigenvalue weighted by Crippen LogP contribution is -2.30. The van der Waals surface area contributed by atoms with Crippen LogP contribution >= 0.6 is 11.8 Å². The van der Waals surface area contributed by atoms with E-state index in [1.807, 2.05) is 6.92 Å². The van der Waals surface area contributed by atoms with Crippen LogP contribution in [-0.2, 0) is 10.0 Å². The minimum Gasteiger partial charge on any atom is -0.258 e. The van der Waals surface area contributed by atoms with E-state index in [2.05, 4.69) is 0 Å². The van der Waals surface area contributed by atoms with Crippen molar-refractivity contribution in [1.82, 2.24) is 4.31 Å². The Hall–Kier alpha value is -1.90. The van der Waals surface area contributed by atoms with Crippen molar-refractivity contribution in [2.24, 2.45) is 0 Å². The van der Waals surface area contributed by atoms with Crippen molar-refractivity contribution in [1.29, 1.82) is 0 Å². The van der Waals surface area contributed by atoms with Crippen molar-refractivity contribution in [3.8, 4) is 0 Å². The molecule has 24 heavy (non-hydrogen) atoms. The second-order valence-electron chi connectivity index (χ2n) is 5.50. The topological polar surface area (TPSA) is 80.5 Å². The number of benzene rings is 2. The van der Waals surface area contributed by atoms with E-state index in [4.69, 9.17) is 0 Å². The molecule has 0 amide bonds. The molecule has 1 aliphatic heterocycles. The van der Waals surface area contributed by atoms with Crippen LogP contribution < -0.4 is 0 Å². The van der Waals surface area contributed by atoms with Crippen LogP contribution in [0.4, 0.5) is 5.69 Å². The highest BCUT2D eigenvalue weighted by molar-refractivity contribution is 8.01. The molecule has 126 valence electrons. The van der Waals surface area contributed by atoms with E-state index in [0.29, 0.717) is 12.3 Å². The molecule has 0 aliphatic carbocycles. The summed E-state index contributed by atoms with van der Waals surface area (Å²) in [5, 5.41) is 10.4. The van der Waals surface area contributed by atoms with Crippen LogP contribution in [0.1, 0.15) is 16.5 Å². The molecule has 8 heteroatoms. The van der Waals surface area contributed by atoms with Gasteiger partial charge in [-0.05, 0) is 36.8 Å². The van der Waals surface area contributed by atoms with E-state index in [9.17, 15) is 18.5 Å². The molecule has 1 heterocycles. The number of non-ortho nitro benzene ring substituents is 1. The van der Waals surface area contributed by atoms with Gasteiger partial charge in [-0.2, -0.15) is 4.31 Å². The van der Waals surface area contributed by atoms with Crippen molar-refractivity contribution in [3.63, 3.8) is 0 Å². The summed E-state index contributed by atoms with van der Waals surface area (Å²) in [7, 11) is -3.60. The molecule has 0 bridgehead atoms. The number of nitrogens with zero attached hydrogens (tertiary/aromatic N) is 2. The molecule has 2 aromatic rings. The van der Waals surface area contributed by atoms with E-state index in [1.165, 1.54) is 28.2 Å². The molecule has 1 unspecified atom stereocenters. The van der Waals surface area contributed by atoms with Crippen LogP contribution in [0.25, 0.3) is 0 Å². The van der Waals surface area contributed by atoms with E-state index in [0.717, 1.165) is 11.1 Å². The Labute approximate surface area is 144 Å². The monoisotopic (exact) mass is 364 g/mol. The molecular formula is C16H16N2O4S2. The lowest BCUT2D eigenvalue weighted by Gasteiger charge is -2.23. The van der Waals surface area contributed by atoms with Gasteiger partial charge in [-0.25, -0.2) is 8.42 Å². The van der Waals surface area contributed by atoms with Gasteiger partial charge >= 0.3 is 0 Å². The molecule has 3 rings (SSSR count). The number of aryl methyl sites for hydroxylation is 1. The van der Waals surface area contributed by atoms with Crippen molar-refractivity contribution in [3.05, 3.63) is 69.8 Å². The fourth-order valence-corrected chi connectivity index (χ4v) is 5.81. The maximum atomic E-state index is 12.9. The number of rotatable bonds is 4. The Kier molecular flexibility index (Phi) is 4.62. The van der Waals surface area contributed by atoms with Crippen molar-refractivity contribution >= 4 is 27.5 Å². The molecule has 0 radical (unpaired) electrons. The predicted octanol–water partition coefficient (Wildman–Crippen LogP) is 3.34. The lowest BCUT2D eigenvalue weighted by atomic mass is 10.2. The first-order chi connectivity index (χ1) is 11.4. The lowest BCUT2D eigenvalue weighted by molar-refractivity contribution is -0.384. The molecule has 1 fully saturated rings. The van der Waals surface area contributed by atoms with Crippen LogP contribution in [-0.4, -0.2) is 29.9 Å². The molecule has 0 N–H and O–H groups in total. The predicted molar refractivity (Wildman–Crippen MR) is 93.4 cm³/mol. The first-order valence-corrected chi connectivity index (χ1v) is 9.83. The summed E-state index contributed by atoms with van der Waals surface area (Å²) in [6, 6.07) is 12.8. The van der Waals surface area contributed by atoms with Gasteiger partial charge in [0.15, 0.2) is 0 Å². The van der Waals surface area contributed by atoms with Crippen LogP contribution in [0.5, 0.6) is 0 Å². The number of hydrogen-bond donors (Lipinski definition) is 0. The normalized spacial score (nSPS) is 18.6. The highest BCUT2D eigenvalue weighted by Crippen LogP contribution is 2.41.